The van der Waals surface area contributed by atoms with Crippen molar-refractivity contribution < 1.29 is 19.1 Å². The molecule has 1 rings (SSSR count). The second-order valence-electron chi connectivity index (χ2n) is 3.45. The van der Waals surface area contributed by atoms with Crippen LogP contribution in [0.4, 0.5) is 10.1 Å². The van der Waals surface area contributed by atoms with Crippen LogP contribution in [0.1, 0.15) is 23.2 Å². The molecule has 1 aromatic rings. The number of carboxylic acid groups (broad SMARTS) is 1. The number of carbonyl (C=O) groups is 2. The molecule has 0 aliphatic carbocycles. The zero-order valence-electron chi connectivity index (χ0n) is 9.07. The lowest BCUT2D eigenvalue weighted by Gasteiger charge is -2.09. The van der Waals surface area contributed by atoms with Gasteiger partial charge in [0.2, 0.25) is 0 Å². The molecule has 0 saturated carbocycles. The third-order valence-electron chi connectivity index (χ3n) is 2.14. The molecule has 6 heteroatoms. The highest BCUT2D eigenvalue weighted by atomic mass is 19.1. The molecule has 0 atom stereocenters. The molecular formula is C11H13FN2O3. The van der Waals surface area contributed by atoms with E-state index in [2.05, 4.69) is 5.32 Å². The Morgan fingerprint density at radius 3 is 2.71 bits per heavy atom. The number of hydrogen-bond donors (Lipinski definition) is 3. The number of hydrogen-bond acceptors (Lipinski definition) is 3. The number of nitrogens with one attached hydrogen (secondary N) is 1. The van der Waals surface area contributed by atoms with Gasteiger partial charge in [0, 0.05) is 18.7 Å². The summed E-state index contributed by atoms with van der Waals surface area (Å²) in [6.45, 7) is 0.329. The zero-order chi connectivity index (χ0) is 12.8. The van der Waals surface area contributed by atoms with E-state index in [-0.39, 0.29) is 17.7 Å². The van der Waals surface area contributed by atoms with Crippen molar-refractivity contribution in [2.75, 3.05) is 11.9 Å². The first-order valence-corrected chi connectivity index (χ1v) is 5.06. The Labute approximate surface area is 97.4 Å². The van der Waals surface area contributed by atoms with Crippen LogP contribution in [0.25, 0.3) is 0 Å². The van der Waals surface area contributed by atoms with Crippen molar-refractivity contribution in [1.29, 1.82) is 0 Å². The highest BCUT2D eigenvalue weighted by Crippen LogP contribution is 2.18. The van der Waals surface area contributed by atoms with Gasteiger partial charge >= 0.3 is 5.97 Å². The molecule has 0 aromatic heterocycles. The molecule has 0 bridgehead atoms. The number of aliphatic carboxylic acids is 1. The summed E-state index contributed by atoms with van der Waals surface area (Å²) in [4.78, 5) is 21.3. The van der Waals surface area contributed by atoms with Gasteiger partial charge in [0.25, 0.3) is 5.91 Å². The fraction of sp³-hybridized carbons (Fsp3) is 0.273. The minimum absolute atomic E-state index is 0.00816. The van der Waals surface area contributed by atoms with E-state index in [0.717, 1.165) is 6.07 Å². The SMILES string of the molecule is NC(=O)c1c(F)cccc1NCCCC(=O)O. The highest BCUT2D eigenvalue weighted by molar-refractivity contribution is 5.98. The predicted molar refractivity (Wildman–Crippen MR) is 60.3 cm³/mol. The van der Waals surface area contributed by atoms with Gasteiger partial charge < -0.3 is 16.2 Å². The first-order chi connectivity index (χ1) is 8.02. The summed E-state index contributed by atoms with van der Waals surface area (Å²) in [5, 5.41) is 11.2. The van der Waals surface area contributed by atoms with Crippen LogP contribution in [0.3, 0.4) is 0 Å². The molecule has 0 fully saturated rings. The van der Waals surface area contributed by atoms with E-state index in [1.807, 2.05) is 0 Å². The maximum Gasteiger partial charge on any atom is 0.303 e. The number of carboxylic acids is 1. The summed E-state index contributed by atoms with van der Waals surface area (Å²) in [6.07, 6.45) is 0.387. The third-order valence-corrected chi connectivity index (χ3v) is 2.14. The van der Waals surface area contributed by atoms with Crippen LogP contribution >= 0.6 is 0 Å². The number of primary amides is 1. The normalized spacial score (nSPS) is 9.94. The van der Waals surface area contributed by atoms with Crippen molar-refractivity contribution in [2.24, 2.45) is 5.73 Å². The molecule has 0 heterocycles. The molecule has 0 radical (unpaired) electrons. The molecule has 0 spiro atoms. The second-order valence-corrected chi connectivity index (χ2v) is 3.45. The first kappa shape index (κ1) is 13.0. The number of rotatable bonds is 6. The molecule has 0 saturated heterocycles. The predicted octanol–water partition coefficient (Wildman–Crippen LogP) is 1.20. The fourth-order valence-electron chi connectivity index (χ4n) is 1.38. The molecule has 4 N–H and O–H groups in total. The van der Waals surface area contributed by atoms with E-state index < -0.39 is 17.7 Å². The fourth-order valence-corrected chi connectivity index (χ4v) is 1.38. The Morgan fingerprint density at radius 2 is 2.12 bits per heavy atom. The van der Waals surface area contributed by atoms with Crippen LogP contribution in [0, 0.1) is 5.82 Å². The number of halogens is 1. The minimum atomic E-state index is -0.902. The molecule has 0 aliphatic rings. The standard InChI is InChI=1S/C11H13FN2O3/c12-7-3-1-4-8(10(7)11(13)17)14-6-2-5-9(15)16/h1,3-4,14H,2,5-6H2,(H2,13,17)(H,15,16). The van der Waals surface area contributed by atoms with Crippen molar-refractivity contribution in [2.45, 2.75) is 12.8 Å². The lowest BCUT2D eigenvalue weighted by atomic mass is 10.1. The molecule has 92 valence electrons. The van der Waals surface area contributed by atoms with E-state index in [4.69, 9.17) is 10.8 Å². The van der Waals surface area contributed by atoms with Crippen molar-refractivity contribution in [1.82, 2.24) is 0 Å². The average Bonchev–Trinajstić information content (AvgIpc) is 2.23. The number of amides is 1. The smallest absolute Gasteiger partial charge is 0.303 e. The van der Waals surface area contributed by atoms with Crippen LogP contribution in [-0.2, 0) is 4.79 Å². The molecule has 1 amide bonds. The van der Waals surface area contributed by atoms with Crippen LogP contribution in [-0.4, -0.2) is 23.5 Å². The molecule has 5 nitrogen and oxygen atoms in total. The summed E-state index contributed by atoms with van der Waals surface area (Å²) in [5.74, 6) is -2.45. The van der Waals surface area contributed by atoms with E-state index in [9.17, 15) is 14.0 Å². The monoisotopic (exact) mass is 240 g/mol. The van der Waals surface area contributed by atoms with Crippen LogP contribution < -0.4 is 11.1 Å². The van der Waals surface area contributed by atoms with Crippen LogP contribution in [0.5, 0.6) is 0 Å². The minimum Gasteiger partial charge on any atom is -0.481 e. The second kappa shape index (κ2) is 5.83. The number of nitrogens with two attached hydrogens (primary N) is 1. The Balaban J connectivity index is 2.67. The van der Waals surface area contributed by atoms with Gasteiger partial charge in [-0.3, -0.25) is 9.59 Å². The Morgan fingerprint density at radius 1 is 1.41 bits per heavy atom. The Bertz CT molecular complexity index is 435. The largest absolute Gasteiger partial charge is 0.481 e. The Kier molecular flexibility index (Phi) is 4.45. The zero-order valence-corrected chi connectivity index (χ0v) is 9.07. The summed E-state index contributed by atoms with van der Waals surface area (Å²) < 4.78 is 13.3. The molecule has 0 aliphatic heterocycles. The summed E-state index contributed by atoms with van der Waals surface area (Å²) in [6, 6.07) is 4.10. The van der Waals surface area contributed by atoms with Gasteiger partial charge in [-0.25, -0.2) is 4.39 Å². The van der Waals surface area contributed by atoms with Gasteiger partial charge in [-0.2, -0.15) is 0 Å². The van der Waals surface area contributed by atoms with Crippen LogP contribution in [0.2, 0.25) is 0 Å². The van der Waals surface area contributed by atoms with Gasteiger partial charge in [-0.1, -0.05) is 6.07 Å². The van der Waals surface area contributed by atoms with Gasteiger partial charge in [0.1, 0.15) is 5.82 Å². The summed E-state index contributed by atoms with van der Waals surface area (Å²) in [7, 11) is 0. The Hall–Kier alpha value is -2.11. The number of carbonyl (C=O) groups excluding carboxylic acids is 1. The quantitative estimate of drug-likeness (QED) is 0.651. The molecule has 1 aromatic carbocycles. The van der Waals surface area contributed by atoms with Crippen molar-refractivity contribution in [3.63, 3.8) is 0 Å². The van der Waals surface area contributed by atoms with E-state index in [1.54, 1.807) is 0 Å². The van der Waals surface area contributed by atoms with Crippen molar-refractivity contribution >= 4 is 17.6 Å². The molecule has 0 unspecified atom stereocenters. The lowest BCUT2D eigenvalue weighted by molar-refractivity contribution is -0.137. The summed E-state index contributed by atoms with van der Waals surface area (Å²) in [5.41, 5.74) is 5.13. The first-order valence-electron chi connectivity index (χ1n) is 5.06. The average molecular weight is 240 g/mol. The topological polar surface area (TPSA) is 92.4 Å². The number of benzene rings is 1. The van der Waals surface area contributed by atoms with Crippen molar-refractivity contribution in [3.8, 4) is 0 Å². The van der Waals surface area contributed by atoms with E-state index in [1.165, 1.54) is 12.1 Å². The maximum atomic E-state index is 13.3. The summed E-state index contributed by atoms with van der Waals surface area (Å²) >= 11 is 0. The molecular weight excluding hydrogens is 227 g/mol. The van der Waals surface area contributed by atoms with E-state index in [0.29, 0.717) is 13.0 Å². The van der Waals surface area contributed by atoms with Crippen LogP contribution in [0.15, 0.2) is 18.2 Å². The van der Waals surface area contributed by atoms with Gasteiger partial charge in [0.15, 0.2) is 0 Å². The van der Waals surface area contributed by atoms with Gasteiger partial charge in [0.05, 0.1) is 5.56 Å². The highest BCUT2D eigenvalue weighted by Gasteiger charge is 2.13. The van der Waals surface area contributed by atoms with Crippen molar-refractivity contribution in [3.05, 3.63) is 29.6 Å². The number of anilines is 1. The van der Waals surface area contributed by atoms with Gasteiger partial charge in [-0.05, 0) is 18.6 Å². The maximum absolute atomic E-state index is 13.3. The molecule has 17 heavy (non-hydrogen) atoms. The lowest BCUT2D eigenvalue weighted by Crippen LogP contribution is -2.17. The van der Waals surface area contributed by atoms with Gasteiger partial charge in [-0.15, -0.1) is 0 Å². The van der Waals surface area contributed by atoms with E-state index >= 15 is 0 Å². The third kappa shape index (κ3) is 3.75.